The van der Waals surface area contributed by atoms with E-state index < -0.39 is 0 Å². The fraction of sp³-hybridized carbons (Fsp3) is 0.227. The third-order valence-corrected chi connectivity index (χ3v) is 5.16. The Hall–Kier alpha value is -2.86. The van der Waals surface area contributed by atoms with Gasteiger partial charge in [-0.25, -0.2) is 0 Å². The summed E-state index contributed by atoms with van der Waals surface area (Å²) >= 11 is 1.36. The van der Waals surface area contributed by atoms with Crippen molar-refractivity contribution in [2.75, 3.05) is 17.7 Å². The van der Waals surface area contributed by atoms with Gasteiger partial charge in [0.05, 0.1) is 18.1 Å². The van der Waals surface area contributed by atoms with Crippen LogP contribution in [-0.2, 0) is 4.79 Å². The molecule has 0 aliphatic heterocycles. The highest BCUT2D eigenvalue weighted by molar-refractivity contribution is 7.99. The molecule has 0 aliphatic rings. The van der Waals surface area contributed by atoms with Gasteiger partial charge in [0.1, 0.15) is 10.8 Å². The minimum atomic E-state index is -0.0887. The molecule has 6 heteroatoms. The molecule has 3 rings (SSSR count). The Balaban J connectivity index is 1.54. The van der Waals surface area contributed by atoms with Crippen LogP contribution in [0.2, 0.25) is 0 Å². The van der Waals surface area contributed by atoms with E-state index in [9.17, 15) is 4.79 Å². The SMILES string of the molecule is CCOc1ccc(NC(=O)CSc2ccc(-c3ccc(C)c(C)c3)nn2)cc1. The summed E-state index contributed by atoms with van der Waals surface area (Å²) in [6, 6.07) is 17.4. The van der Waals surface area contributed by atoms with E-state index in [1.54, 1.807) is 0 Å². The number of benzene rings is 2. The zero-order chi connectivity index (χ0) is 19.9. The first-order chi connectivity index (χ1) is 13.5. The van der Waals surface area contributed by atoms with E-state index in [0.717, 1.165) is 27.7 Å². The lowest BCUT2D eigenvalue weighted by Crippen LogP contribution is -2.14. The molecule has 0 radical (unpaired) electrons. The Bertz CT molecular complexity index is 941. The molecule has 28 heavy (non-hydrogen) atoms. The average Bonchev–Trinajstić information content (AvgIpc) is 2.71. The summed E-state index contributed by atoms with van der Waals surface area (Å²) in [5.74, 6) is 0.966. The van der Waals surface area contributed by atoms with Gasteiger partial charge in [0, 0.05) is 11.3 Å². The van der Waals surface area contributed by atoms with E-state index in [2.05, 4.69) is 41.5 Å². The average molecular weight is 394 g/mol. The number of carbonyl (C=O) groups is 1. The fourth-order valence-electron chi connectivity index (χ4n) is 2.59. The monoisotopic (exact) mass is 393 g/mol. The van der Waals surface area contributed by atoms with Gasteiger partial charge in [-0.1, -0.05) is 23.9 Å². The standard InChI is InChI=1S/C22H23N3O2S/c1-4-27-19-9-7-18(8-10-19)23-21(26)14-28-22-12-11-20(24-25-22)17-6-5-15(2)16(3)13-17/h5-13H,4,14H2,1-3H3,(H,23,26). The number of thioether (sulfide) groups is 1. The van der Waals surface area contributed by atoms with Crippen LogP contribution in [0, 0.1) is 13.8 Å². The maximum absolute atomic E-state index is 12.1. The molecular weight excluding hydrogens is 370 g/mol. The molecule has 3 aromatic rings. The summed E-state index contributed by atoms with van der Waals surface area (Å²) in [4.78, 5) is 12.1. The van der Waals surface area contributed by atoms with Gasteiger partial charge in [-0.05, 0) is 74.4 Å². The number of nitrogens with zero attached hydrogens (tertiary/aromatic N) is 2. The third kappa shape index (κ3) is 5.33. The van der Waals surface area contributed by atoms with Crippen molar-refractivity contribution in [2.45, 2.75) is 25.8 Å². The van der Waals surface area contributed by atoms with E-state index >= 15 is 0 Å². The molecule has 1 amide bonds. The van der Waals surface area contributed by atoms with Gasteiger partial charge in [0.2, 0.25) is 5.91 Å². The minimum absolute atomic E-state index is 0.0887. The van der Waals surface area contributed by atoms with Crippen LogP contribution in [0.15, 0.2) is 59.6 Å². The topological polar surface area (TPSA) is 64.1 Å². The first kappa shape index (κ1) is 19.9. The van der Waals surface area contributed by atoms with E-state index in [1.807, 2.05) is 49.4 Å². The van der Waals surface area contributed by atoms with Crippen LogP contribution < -0.4 is 10.1 Å². The molecule has 0 fully saturated rings. The van der Waals surface area contributed by atoms with E-state index in [0.29, 0.717) is 6.61 Å². The quantitative estimate of drug-likeness (QED) is 0.579. The minimum Gasteiger partial charge on any atom is -0.494 e. The molecule has 1 aromatic heterocycles. The van der Waals surface area contributed by atoms with Crippen molar-refractivity contribution in [1.82, 2.24) is 10.2 Å². The Morgan fingerprint density at radius 2 is 1.79 bits per heavy atom. The molecule has 0 bridgehead atoms. The fourth-order valence-corrected chi connectivity index (χ4v) is 3.20. The van der Waals surface area contributed by atoms with Crippen molar-refractivity contribution >= 4 is 23.4 Å². The number of anilines is 1. The lowest BCUT2D eigenvalue weighted by atomic mass is 10.0. The van der Waals surface area contributed by atoms with Crippen LogP contribution in [0.25, 0.3) is 11.3 Å². The maximum Gasteiger partial charge on any atom is 0.234 e. The second-order valence-electron chi connectivity index (χ2n) is 6.35. The van der Waals surface area contributed by atoms with Crippen LogP contribution in [0.3, 0.4) is 0 Å². The number of nitrogens with one attached hydrogen (secondary N) is 1. The molecule has 5 nitrogen and oxygen atoms in total. The largest absolute Gasteiger partial charge is 0.494 e. The molecule has 2 aromatic carbocycles. The molecule has 0 saturated carbocycles. The lowest BCUT2D eigenvalue weighted by molar-refractivity contribution is -0.113. The van der Waals surface area contributed by atoms with Gasteiger partial charge >= 0.3 is 0 Å². The van der Waals surface area contributed by atoms with Crippen molar-refractivity contribution in [2.24, 2.45) is 0 Å². The molecular formula is C22H23N3O2S. The number of hydrogen-bond donors (Lipinski definition) is 1. The van der Waals surface area contributed by atoms with Crippen LogP contribution in [-0.4, -0.2) is 28.5 Å². The number of rotatable bonds is 7. The highest BCUT2D eigenvalue weighted by atomic mass is 32.2. The number of ether oxygens (including phenoxy) is 1. The summed E-state index contributed by atoms with van der Waals surface area (Å²) in [6.07, 6.45) is 0. The van der Waals surface area contributed by atoms with Crippen molar-refractivity contribution < 1.29 is 9.53 Å². The third-order valence-electron chi connectivity index (χ3n) is 4.24. The Labute approximate surface area is 169 Å². The van der Waals surface area contributed by atoms with Crippen LogP contribution >= 0.6 is 11.8 Å². The first-order valence-electron chi connectivity index (χ1n) is 9.12. The number of aryl methyl sites for hydroxylation is 2. The highest BCUT2D eigenvalue weighted by Gasteiger charge is 2.07. The highest BCUT2D eigenvalue weighted by Crippen LogP contribution is 2.22. The Morgan fingerprint density at radius 3 is 2.43 bits per heavy atom. The van der Waals surface area contributed by atoms with E-state index in [-0.39, 0.29) is 11.7 Å². The number of carbonyl (C=O) groups excluding carboxylic acids is 1. The summed E-state index contributed by atoms with van der Waals surface area (Å²) in [6.45, 7) is 6.72. The van der Waals surface area contributed by atoms with Crippen LogP contribution in [0.5, 0.6) is 5.75 Å². The predicted molar refractivity (Wildman–Crippen MR) is 114 cm³/mol. The van der Waals surface area contributed by atoms with Crippen molar-refractivity contribution in [3.8, 4) is 17.0 Å². The summed E-state index contributed by atoms with van der Waals surface area (Å²) < 4.78 is 5.39. The normalized spacial score (nSPS) is 10.5. The smallest absolute Gasteiger partial charge is 0.234 e. The molecule has 144 valence electrons. The zero-order valence-corrected chi connectivity index (χ0v) is 17.0. The molecule has 0 saturated heterocycles. The van der Waals surface area contributed by atoms with Crippen LogP contribution in [0.4, 0.5) is 5.69 Å². The maximum atomic E-state index is 12.1. The summed E-state index contributed by atoms with van der Waals surface area (Å²) in [7, 11) is 0. The van der Waals surface area contributed by atoms with Gasteiger partial charge in [-0.2, -0.15) is 0 Å². The summed E-state index contributed by atoms with van der Waals surface area (Å²) in [5.41, 5.74) is 5.09. The van der Waals surface area contributed by atoms with Crippen LogP contribution in [0.1, 0.15) is 18.1 Å². The summed E-state index contributed by atoms with van der Waals surface area (Å²) in [5, 5.41) is 12.1. The van der Waals surface area contributed by atoms with Crippen molar-refractivity contribution in [1.29, 1.82) is 0 Å². The van der Waals surface area contributed by atoms with Gasteiger partial charge in [-0.3, -0.25) is 4.79 Å². The number of aromatic nitrogens is 2. The van der Waals surface area contributed by atoms with Gasteiger partial charge in [0.25, 0.3) is 0 Å². The molecule has 1 N–H and O–H groups in total. The number of amides is 1. The predicted octanol–water partition coefficient (Wildman–Crippen LogP) is 4.89. The van der Waals surface area contributed by atoms with Gasteiger partial charge in [-0.15, -0.1) is 10.2 Å². The van der Waals surface area contributed by atoms with E-state index in [1.165, 1.54) is 22.9 Å². The molecule has 0 spiro atoms. The lowest BCUT2D eigenvalue weighted by Gasteiger charge is -2.07. The Kier molecular flexibility index (Phi) is 6.66. The van der Waals surface area contributed by atoms with Gasteiger partial charge < -0.3 is 10.1 Å². The Morgan fingerprint density at radius 1 is 1.00 bits per heavy atom. The zero-order valence-electron chi connectivity index (χ0n) is 16.2. The molecule has 0 aliphatic carbocycles. The van der Waals surface area contributed by atoms with Gasteiger partial charge in [0.15, 0.2) is 0 Å². The van der Waals surface area contributed by atoms with E-state index in [4.69, 9.17) is 4.74 Å². The first-order valence-corrected chi connectivity index (χ1v) is 10.1. The second kappa shape index (κ2) is 9.37. The second-order valence-corrected chi connectivity index (χ2v) is 7.35. The molecule has 0 atom stereocenters. The molecule has 1 heterocycles. The molecule has 0 unspecified atom stereocenters. The van der Waals surface area contributed by atoms with Crippen molar-refractivity contribution in [3.63, 3.8) is 0 Å². The number of hydrogen-bond acceptors (Lipinski definition) is 5. The van der Waals surface area contributed by atoms with Crippen molar-refractivity contribution in [3.05, 3.63) is 65.7 Å².